The molecule has 2 N–H and O–H groups in total. The second-order valence-corrected chi connectivity index (χ2v) is 7.02. The van der Waals surface area contributed by atoms with Gasteiger partial charge in [-0.2, -0.15) is 10.1 Å². The lowest BCUT2D eigenvalue weighted by atomic mass is 9.99. The van der Waals surface area contributed by atoms with E-state index in [0.29, 0.717) is 29.7 Å². The monoisotopic (exact) mass is 373 g/mol. The van der Waals surface area contributed by atoms with E-state index < -0.39 is 0 Å². The molecule has 0 saturated carbocycles. The van der Waals surface area contributed by atoms with Crippen molar-refractivity contribution in [2.75, 3.05) is 22.6 Å². The van der Waals surface area contributed by atoms with Crippen molar-refractivity contribution in [2.24, 2.45) is 5.92 Å². The molecule has 0 radical (unpaired) electrons. The second kappa shape index (κ2) is 7.34. The molecule has 0 spiro atoms. The Bertz CT molecular complexity index is 886. The summed E-state index contributed by atoms with van der Waals surface area (Å²) in [5.74, 6) is 0.927. The van der Waals surface area contributed by atoms with Crippen molar-refractivity contribution in [3.63, 3.8) is 0 Å². The van der Waals surface area contributed by atoms with Gasteiger partial charge in [-0.05, 0) is 19.8 Å². The van der Waals surface area contributed by atoms with Crippen LogP contribution in [0, 0.1) is 12.8 Å². The van der Waals surface area contributed by atoms with Crippen LogP contribution in [0.15, 0.2) is 18.2 Å². The molecule has 3 heterocycles. The summed E-state index contributed by atoms with van der Waals surface area (Å²) in [6.45, 7) is 7.65. The van der Waals surface area contributed by atoms with Gasteiger partial charge in [0, 0.05) is 25.4 Å². The zero-order chi connectivity index (χ0) is 19.7. The van der Waals surface area contributed by atoms with E-state index in [9.17, 15) is 9.18 Å². The van der Waals surface area contributed by atoms with Gasteiger partial charge in [0.05, 0.1) is 18.1 Å². The van der Waals surface area contributed by atoms with Crippen LogP contribution in [0.1, 0.15) is 32.0 Å². The molecule has 2 aromatic heterocycles. The van der Waals surface area contributed by atoms with E-state index in [1.54, 1.807) is 12.4 Å². The highest BCUT2D eigenvalue weighted by atomic mass is 19.1. The summed E-state index contributed by atoms with van der Waals surface area (Å²) < 4.78 is 14.4. The van der Waals surface area contributed by atoms with Crippen molar-refractivity contribution in [1.29, 1.82) is 0 Å². The number of allylic oxidation sites excluding steroid dienone is 1. The van der Waals surface area contributed by atoms with E-state index in [0.717, 1.165) is 5.56 Å². The van der Waals surface area contributed by atoms with Gasteiger partial charge < -0.3 is 15.5 Å². The van der Waals surface area contributed by atoms with Gasteiger partial charge >= 0.3 is 0 Å². The fraction of sp³-hybridized carbons (Fsp3) is 0.444. The number of halogens is 1. The minimum Gasteiger partial charge on any atom is -0.350 e. The molecule has 1 amide bonds. The quantitative estimate of drug-likeness (QED) is 0.838. The Labute approximate surface area is 157 Å². The first-order valence-electron chi connectivity index (χ1n) is 8.79. The molecule has 1 atom stereocenters. The average Bonchev–Trinajstić information content (AvgIpc) is 3.00. The molecule has 27 heavy (non-hydrogen) atoms. The molecule has 0 saturated heterocycles. The Balaban J connectivity index is 1.80. The van der Waals surface area contributed by atoms with Gasteiger partial charge in [0.25, 0.3) is 0 Å². The lowest BCUT2D eigenvalue weighted by molar-refractivity contribution is -0.118. The number of carbonyl (C=O) groups excluding carboxylic acids is 1. The maximum atomic E-state index is 12.9. The zero-order valence-electron chi connectivity index (χ0n) is 16.1. The van der Waals surface area contributed by atoms with E-state index in [4.69, 9.17) is 0 Å². The van der Waals surface area contributed by atoms with E-state index in [1.807, 2.05) is 32.7 Å². The number of nitrogens with one attached hydrogen (secondary N) is 2. The van der Waals surface area contributed by atoms with Gasteiger partial charge in [-0.25, -0.2) is 14.1 Å². The number of anilines is 3. The summed E-state index contributed by atoms with van der Waals surface area (Å²) in [5, 5.41) is 10.2. The van der Waals surface area contributed by atoms with Crippen LogP contribution in [0.3, 0.4) is 0 Å². The Morgan fingerprint density at radius 3 is 2.85 bits per heavy atom. The van der Waals surface area contributed by atoms with Crippen molar-refractivity contribution in [3.05, 3.63) is 29.5 Å². The second-order valence-electron chi connectivity index (χ2n) is 7.02. The van der Waals surface area contributed by atoms with Crippen LogP contribution >= 0.6 is 0 Å². The van der Waals surface area contributed by atoms with Crippen molar-refractivity contribution < 1.29 is 9.18 Å². The maximum Gasteiger partial charge on any atom is 0.247 e. The summed E-state index contributed by atoms with van der Waals surface area (Å²) in [4.78, 5) is 23.3. The highest BCUT2D eigenvalue weighted by Crippen LogP contribution is 2.34. The van der Waals surface area contributed by atoms with Gasteiger partial charge in [0.1, 0.15) is 17.6 Å². The topological polar surface area (TPSA) is 88.0 Å². The summed E-state index contributed by atoms with van der Waals surface area (Å²) >= 11 is 0. The van der Waals surface area contributed by atoms with Crippen LogP contribution < -0.4 is 15.5 Å². The Morgan fingerprint density at radius 2 is 2.19 bits per heavy atom. The van der Waals surface area contributed by atoms with Crippen LogP contribution in [-0.4, -0.2) is 38.7 Å². The highest BCUT2D eigenvalue weighted by molar-refractivity contribution is 6.03. The predicted molar refractivity (Wildman–Crippen MR) is 103 cm³/mol. The Hall–Kier alpha value is -2.97. The predicted octanol–water partition coefficient (Wildman–Crippen LogP) is 2.79. The molecule has 1 aliphatic rings. The molecule has 144 valence electrons. The minimum atomic E-state index is -0.323. The van der Waals surface area contributed by atoms with E-state index >= 15 is 0 Å². The van der Waals surface area contributed by atoms with Gasteiger partial charge in [0.15, 0.2) is 5.82 Å². The molecule has 0 fully saturated rings. The number of fused-ring (bicyclic) bond motifs is 1. The third-order valence-corrected chi connectivity index (χ3v) is 4.39. The van der Waals surface area contributed by atoms with Crippen LogP contribution in [0.4, 0.5) is 21.8 Å². The SMILES string of the molecule is C/C(F)=C\n1cc(CNc2nc(C)c3c(n2)N(C)[C@@H](C(C)C)C(=O)N3)cn1. The van der Waals surface area contributed by atoms with E-state index in [1.165, 1.54) is 17.8 Å². The fourth-order valence-corrected chi connectivity index (χ4v) is 3.20. The number of aromatic nitrogens is 4. The largest absolute Gasteiger partial charge is 0.350 e. The number of nitrogens with zero attached hydrogens (tertiary/aromatic N) is 5. The fourth-order valence-electron chi connectivity index (χ4n) is 3.20. The molecule has 0 aliphatic carbocycles. The van der Waals surface area contributed by atoms with Crippen LogP contribution in [0.2, 0.25) is 0 Å². The van der Waals surface area contributed by atoms with Crippen LogP contribution in [-0.2, 0) is 11.3 Å². The van der Waals surface area contributed by atoms with Crippen molar-refractivity contribution >= 4 is 29.6 Å². The zero-order valence-corrected chi connectivity index (χ0v) is 16.1. The average molecular weight is 373 g/mol. The number of rotatable bonds is 5. The molecule has 2 aromatic rings. The normalized spacial score (nSPS) is 17.1. The first-order valence-corrected chi connectivity index (χ1v) is 8.79. The molecule has 3 rings (SSSR count). The third-order valence-electron chi connectivity index (χ3n) is 4.39. The number of amides is 1. The molecule has 8 nitrogen and oxygen atoms in total. The number of aryl methyl sites for hydroxylation is 1. The first-order chi connectivity index (χ1) is 12.8. The number of hydrogen-bond donors (Lipinski definition) is 2. The maximum absolute atomic E-state index is 12.9. The Morgan fingerprint density at radius 1 is 1.44 bits per heavy atom. The number of carbonyl (C=O) groups is 1. The number of hydrogen-bond acceptors (Lipinski definition) is 6. The molecule has 9 heteroatoms. The molecule has 0 aromatic carbocycles. The van der Waals surface area contributed by atoms with Gasteiger partial charge in [-0.1, -0.05) is 13.8 Å². The lowest BCUT2D eigenvalue weighted by Crippen LogP contribution is -2.49. The molecule has 0 unspecified atom stereocenters. The van der Waals surface area contributed by atoms with E-state index in [-0.39, 0.29) is 23.7 Å². The molecule has 1 aliphatic heterocycles. The van der Waals surface area contributed by atoms with Crippen LogP contribution in [0.5, 0.6) is 0 Å². The standard InChI is InChI=1S/C18H24FN7O/c1-10(2)15-17(27)23-14-12(4)22-18(24-16(14)25(15)5)20-6-13-7-21-26(9-13)8-11(3)19/h7-10,15H,6H2,1-5H3,(H,23,27)(H,20,22,24)/b11-8+/t15-/m0/s1. The van der Waals surface area contributed by atoms with Gasteiger partial charge in [-0.15, -0.1) is 0 Å². The lowest BCUT2D eigenvalue weighted by Gasteiger charge is -2.36. The van der Waals surface area contributed by atoms with E-state index in [2.05, 4.69) is 25.7 Å². The summed E-state index contributed by atoms with van der Waals surface area (Å²) in [5.41, 5.74) is 2.20. The summed E-state index contributed by atoms with van der Waals surface area (Å²) in [6.07, 6.45) is 4.67. The summed E-state index contributed by atoms with van der Waals surface area (Å²) in [6, 6.07) is -0.284. The summed E-state index contributed by atoms with van der Waals surface area (Å²) in [7, 11) is 1.87. The highest BCUT2D eigenvalue weighted by Gasteiger charge is 2.35. The molecular weight excluding hydrogens is 349 g/mol. The number of likely N-dealkylation sites (N-methyl/N-ethyl adjacent to an activating group) is 1. The Kier molecular flexibility index (Phi) is 5.11. The van der Waals surface area contributed by atoms with Gasteiger partial charge in [-0.3, -0.25) is 4.79 Å². The van der Waals surface area contributed by atoms with Crippen molar-refractivity contribution in [3.8, 4) is 0 Å². The first kappa shape index (κ1) is 18.8. The van der Waals surface area contributed by atoms with Crippen LogP contribution in [0.25, 0.3) is 6.20 Å². The smallest absolute Gasteiger partial charge is 0.247 e. The van der Waals surface area contributed by atoms with Gasteiger partial charge in [0.2, 0.25) is 11.9 Å². The molecule has 0 bridgehead atoms. The third kappa shape index (κ3) is 3.91. The molecular formula is C18H24FN7O. The minimum absolute atomic E-state index is 0.0453. The van der Waals surface area contributed by atoms with Crippen molar-refractivity contribution in [2.45, 2.75) is 40.3 Å². The van der Waals surface area contributed by atoms with Crippen molar-refractivity contribution in [1.82, 2.24) is 19.7 Å².